The number of hydrogen-bond acceptors (Lipinski definition) is 3. The van der Waals surface area contributed by atoms with E-state index in [0.717, 1.165) is 11.3 Å². The molecule has 0 amide bonds. The topological polar surface area (TPSA) is 44.5 Å². The molecular formula is C15H22ClNO2. The fraction of sp³-hybridized carbons (Fsp3) is 0.600. The number of nitrogens with two attached hydrogens (primary N) is 1. The van der Waals surface area contributed by atoms with Crippen molar-refractivity contribution in [2.24, 2.45) is 11.7 Å². The minimum absolute atomic E-state index is 0.00358. The zero-order valence-electron chi connectivity index (χ0n) is 11.6. The van der Waals surface area contributed by atoms with Crippen LogP contribution in [0.2, 0.25) is 5.02 Å². The maximum Gasteiger partial charge on any atom is 0.162 e. The van der Waals surface area contributed by atoms with Gasteiger partial charge >= 0.3 is 0 Å². The zero-order valence-corrected chi connectivity index (χ0v) is 12.4. The lowest BCUT2D eigenvalue weighted by atomic mass is 9.77. The minimum atomic E-state index is -0.00358. The molecule has 1 aromatic rings. The van der Waals surface area contributed by atoms with Crippen LogP contribution in [-0.4, -0.2) is 13.2 Å². The van der Waals surface area contributed by atoms with E-state index in [9.17, 15) is 0 Å². The van der Waals surface area contributed by atoms with Crippen LogP contribution in [0.15, 0.2) is 12.1 Å². The summed E-state index contributed by atoms with van der Waals surface area (Å²) in [4.78, 5) is 0. The Kier molecular flexibility index (Phi) is 4.94. The third-order valence-electron chi connectivity index (χ3n) is 3.68. The van der Waals surface area contributed by atoms with Crippen molar-refractivity contribution < 1.29 is 9.47 Å². The number of benzene rings is 1. The highest BCUT2D eigenvalue weighted by molar-refractivity contribution is 6.31. The first-order valence-electron chi connectivity index (χ1n) is 7.02. The van der Waals surface area contributed by atoms with Crippen LogP contribution in [0.1, 0.15) is 44.7 Å². The third-order valence-corrected chi connectivity index (χ3v) is 4.01. The van der Waals surface area contributed by atoms with E-state index in [1.165, 1.54) is 19.3 Å². The normalized spacial score (nSPS) is 16.8. The lowest BCUT2D eigenvalue weighted by molar-refractivity contribution is 0.261. The smallest absolute Gasteiger partial charge is 0.162 e. The predicted molar refractivity (Wildman–Crippen MR) is 78.1 cm³/mol. The van der Waals surface area contributed by atoms with Gasteiger partial charge in [0.25, 0.3) is 0 Å². The summed E-state index contributed by atoms with van der Waals surface area (Å²) in [5, 5.41) is 0.673. The van der Waals surface area contributed by atoms with E-state index < -0.39 is 0 Å². The first kappa shape index (κ1) is 14.5. The van der Waals surface area contributed by atoms with Gasteiger partial charge in [-0.1, -0.05) is 18.0 Å². The molecule has 1 fully saturated rings. The second-order valence-electron chi connectivity index (χ2n) is 4.90. The summed E-state index contributed by atoms with van der Waals surface area (Å²) >= 11 is 6.34. The van der Waals surface area contributed by atoms with Crippen LogP contribution in [0.5, 0.6) is 11.5 Å². The molecule has 0 bridgehead atoms. The van der Waals surface area contributed by atoms with E-state index in [1.807, 2.05) is 26.0 Å². The molecule has 1 aromatic carbocycles. The number of hydrogen-bond donors (Lipinski definition) is 1. The van der Waals surface area contributed by atoms with Crippen LogP contribution in [0.4, 0.5) is 0 Å². The van der Waals surface area contributed by atoms with Gasteiger partial charge in [0.15, 0.2) is 11.5 Å². The van der Waals surface area contributed by atoms with Crippen LogP contribution < -0.4 is 15.2 Å². The highest BCUT2D eigenvalue weighted by Gasteiger charge is 2.28. The van der Waals surface area contributed by atoms with E-state index >= 15 is 0 Å². The molecule has 19 heavy (non-hydrogen) atoms. The number of rotatable bonds is 6. The zero-order chi connectivity index (χ0) is 13.8. The van der Waals surface area contributed by atoms with Crippen molar-refractivity contribution in [3.8, 4) is 11.5 Å². The van der Waals surface area contributed by atoms with Gasteiger partial charge in [0.2, 0.25) is 0 Å². The van der Waals surface area contributed by atoms with Gasteiger partial charge in [-0.05, 0) is 44.2 Å². The highest BCUT2D eigenvalue weighted by Crippen LogP contribution is 2.42. The Hall–Kier alpha value is -0.930. The molecule has 0 heterocycles. The summed E-state index contributed by atoms with van der Waals surface area (Å²) in [7, 11) is 0. The Balaban J connectivity index is 2.29. The summed E-state index contributed by atoms with van der Waals surface area (Å²) in [6.45, 7) is 5.08. The maximum absolute atomic E-state index is 6.34. The Bertz CT molecular complexity index is 432. The molecule has 0 spiro atoms. The SMILES string of the molecule is CCOc1cc(Cl)c(C(N)C2CCC2)cc1OCC. The molecule has 0 aliphatic heterocycles. The van der Waals surface area contributed by atoms with Gasteiger partial charge in [0, 0.05) is 17.1 Å². The molecule has 1 atom stereocenters. The molecule has 4 heteroatoms. The van der Waals surface area contributed by atoms with Crippen molar-refractivity contribution in [3.05, 3.63) is 22.7 Å². The van der Waals surface area contributed by atoms with E-state index in [-0.39, 0.29) is 6.04 Å². The first-order chi connectivity index (χ1) is 9.17. The Morgan fingerprint density at radius 2 is 1.79 bits per heavy atom. The molecule has 1 saturated carbocycles. The number of halogens is 1. The Morgan fingerprint density at radius 3 is 2.26 bits per heavy atom. The van der Waals surface area contributed by atoms with Gasteiger partial charge in [0.1, 0.15) is 0 Å². The van der Waals surface area contributed by atoms with Gasteiger partial charge in [-0.3, -0.25) is 0 Å². The Morgan fingerprint density at radius 1 is 1.21 bits per heavy atom. The van der Waals surface area contributed by atoms with Crippen molar-refractivity contribution in [1.82, 2.24) is 0 Å². The Labute approximate surface area is 120 Å². The number of ether oxygens (including phenoxy) is 2. The molecule has 0 aromatic heterocycles. The van der Waals surface area contributed by atoms with Crippen LogP contribution in [0, 0.1) is 5.92 Å². The van der Waals surface area contributed by atoms with Crippen molar-refractivity contribution in [2.75, 3.05) is 13.2 Å². The van der Waals surface area contributed by atoms with E-state index in [2.05, 4.69) is 0 Å². The van der Waals surface area contributed by atoms with Gasteiger partial charge in [-0.2, -0.15) is 0 Å². The van der Waals surface area contributed by atoms with Crippen molar-refractivity contribution >= 4 is 11.6 Å². The molecule has 0 radical (unpaired) electrons. The summed E-state index contributed by atoms with van der Waals surface area (Å²) in [6.07, 6.45) is 3.65. The van der Waals surface area contributed by atoms with Crippen molar-refractivity contribution in [1.29, 1.82) is 0 Å². The van der Waals surface area contributed by atoms with Crippen LogP contribution >= 0.6 is 11.6 Å². The van der Waals surface area contributed by atoms with Crippen molar-refractivity contribution in [2.45, 2.75) is 39.2 Å². The summed E-state index contributed by atoms with van der Waals surface area (Å²) in [5.74, 6) is 1.97. The molecule has 2 N–H and O–H groups in total. The van der Waals surface area contributed by atoms with Crippen LogP contribution in [0.3, 0.4) is 0 Å². The molecule has 2 rings (SSSR count). The first-order valence-corrected chi connectivity index (χ1v) is 7.39. The average molecular weight is 284 g/mol. The largest absolute Gasteiger partial charge is 0.490 e. The van der Waals surface area contributed by atoms with Gasteiger partial charge in [-0.25, -0.2) is 0 Å². The molecular weight excluding hydrogens is 262 g/mol. The molecule has 0 saturated heterocycles. The molecule has 1 aliphatic rings. The average Bonchev–Trinajstić information content (AvgIpc) is 2.30. The maximum atomic E-state index is 6.34. The fourth-order valence-corrected chi connectivity index (χ4v) is 2.68. The van der Waals surface area contributed by atoms with Gasteiger partial charge in [0.05, 0.1) is 13.2 Å². The lowest BCUT2D eigenvalue weighted by Crippen LogP contribution is -2.27. The fourth-order valence-electron chi connectivity index (χ4n) is 2.40. The molecule has 1 aliphatic carbocycles. The standard InChI is InChI=1S/C15H22ClNO2/c1-3-18-13-8-11(15(17)10-6-5-7-10)12(16)9-14(13)19-4-2/h8-10,15H,3-7,17H2,1-2H3. The van der Waals surface area contributed by atoms with E-state index in [4.69, 9.17) is 26.8 Å². The lowest BCUT2D eigenvalue weighted by Gasteiger charge is -2.32. The summed E-state index contributed by atoms with van der Waals surface area (Å²) < 4.78 is 11.2. The van der Waals surface area contributed by atoms with E-state index in [0.29, 0.717) is 29.9 Å². The minimum Gasteiger partial charge on any atom is -0.490 e. The van der Waals surface area contributed by atoms with E-state index in [1.54, 1.807) is 0 Å². The monoisotopic (exact) mass is 283 g/mol. The summed E-state index contributed by atoms with van der Waals surface area (Å²) in [6, 6.07) is 3.76. The molecule has 1 unspecified atom stereocenters. The second-order valence-corrected chi connectivity index (χ2v) is 5.31. The van der Waals surface area contributed by atoms with Gasteiger partial charge < -0.3 is 15.2 Å². The molecule has 106 valence electrons. The van der Waals surface area contributed by atoms with Crippen LogP contribution in [-0.2, 0) is 0 Å². The van der Waals surface area contributed by atoms with Crippen LogP contribution in [0.25, 0.3) is 0 Å². The molecule has 3 nitrogen and oxygen atoms in total. The highest BCUT2D eigenvalue weighted by atomic mass is 35.5. The third kappa shape index (κ3) is 3.15. The second kappa shape index (κ2) is 6.49. The van der Waals surface area contributed by atoms with Gasteiger partial charge in [-0.15, -0.1) is 0 Å². The predicted octanol–water partition coefficient (Wildman–Crippen LogP) is 3.94. The quantitative estimate of drug-likeness (QED) is 0.860. The van der Waals surface area contributed by atoms with Crippen molar-refractivity contribution in [3.63, 3.8) is 0 Å². The summed E-state index contributed by atoms with van der Waals surface area (Å²) in [5.41, 5.74) is 7.28.